The Morgan fingerprint density at radius 2 is 2.05 bits per heavy atom. The lowest BCUT2D eigenvalue weighted by atomic mass is 10.1. The van der Waals surface area contributed by atoms with Gasteiger partial charge in [0.2, 0.25) is 0 Å². The molecule has 0 saturated heterocycles. The maximum absolute atomic E-state index is 12.8. The maximum atomic E-state index is 12.8. The SMILES string of the molecule is CC(C)CCN(C1CCCC1)S(=O)(=O)c1cc(N)cs1. The van der Waals surface area contributed by atoms with Gasteiger partial charge in [-0.1, -0.05) is 26.7 Å². The molecule has 0 atom stereocenters. The summed E-state index contributed by atoms with van der Waals surface area (Å²) in [5.41, 5.74) is 6.21. The Kier molecular flexibility index (Phi) is 5.09. The molecule has 0 spiro atoms. The van der Waals surface area contributed by atoms with Crippen LogP contribution in [-0.4, -0.2) is 25.3 Å². The summed E-state index contributed by atoms with van der Waals surface area (Å²) in [6.45, 7) is 4.87. The fourth-order valence-corrected chi connectivity index (χ4v) is 5.57. The first-order chi connectivity index (χ1) is 9.41. The van der Waals surface area contributed by atoms with Gasteiger partial charge >= 0.3 is 0 Å². The van der Waals surface area contributed by atoms with Crippen LogP contribution in [0.25, 0.3) is 0 Å². The lowest BCUT2D eigenvalue weighted by Gasteiger charge is -2.28. The van der Waals surface area contributed by atoms with Crippen molar-refractivity contribution in [2.75, 3.05) is 12.3 Å². The zero-order chi connectivity index (χ0) is 14.8. The largest absolute Gasteiger partial charge is 0.398 e. The zero-order valence-corrected chi connectivity index (χ0v) is 13.8. The van der Waals surface area contributed by atoms with Crippen molar-refractivity contribution in [3.05, 3.63) is 11.4 Å². The molecule has 1 aromatic heterocycles. The van der Waals surface area contributed by atoms with Crippen molar-refractivity contribution >= 4 is 27.0 Å². The Morgan fingerprint density at radius 1 is 1.40 bits per heavy atom. The highest BCUT2D eigenvalue weighted by molar-refractivity contribution is 7.91. The Hall–Kier alpha value is -0.590. The third kappa shape index (κ3) is 3.54. The van der Waals surface area contributed by atoms with Crippen molar-refractivity contribution in [1.29, 1.82) is 0 Å². The van der Waals surface area contributed by atoms with E-state index in [0.717, 1.165) is 32.1 Å². The summed E-state index contributed by atoms with van der Waals surface area (Å²) in [5, 5.41) is 1.70. The van der Waals surface area contributed by atoms with Crippen LogP contribution in [0.2, 0.25) is 0 Å². The highest BCUT2D eigenvalue weighted by Crippen LogP contribution is 2.32. The van der Waals surface area contributed by atoms with Crippen LogP contribution in [-0.2, 0) is 10.0 Å². The molecular weight excluding hydrogens is 292 g/mol. The molecule has 0 aliphatic heterocycles. The maximum Gasteiger partial charge on any atom is 0.252 e. The number of hydrogen-bond acceptors (Lipinski definition) is 4. The Morgan fingerprint density at radius 3 is 2.55 bits per heavy atom. The Labute approximate surface area is 126 Å². The van der Waals surface area contributed by atoms with Crippen molar-refractivity contribution in [2.45, 2.75) is 56.2 Å². The molecule has 2 rings (SSSR count). The number of sulfonamides is 1. The van der Waals surface area contributed by atoms with Crippen molar-refractivity contribution in [3.8, 4) is 0 Å². The van der Waals surface area contributed by atoms with E-state index >= 15 is 0 Å². The van der Waals surface area contributed by atoms with E-state index in [-0.39, 0.29) is 6.04 Å². The molecule has 20 heavy (non-hydrogen) atoms. The van der Waals surface area contributed by atoms with Crippen LogP contribution in [0.15, 0.2) is 15.7 Å². The van der Waals surface area contributed by atoms with E-state index < -0.39 is 10.0 Å². The van der Waals surface area contributed by atoms with Crippen molar-refractivity contribution < 1.29 is 8.42 Å². The Bertz CT molecular complexity index is 531. The molecular formula is C14H24N2O2S2. The van der Waals surface area contributed by atoms with Gasteiger partial charge in [0, 0.05) is 23.7 Å². The second-order valence-electron chi connectivity index (χ2n) is 5.94. The molecule has 1 aliphatic carbocycles. The van der Waals surface area contributed by atoms with E-state index in [0.29, 0.717) is 22.4 Å². The van der Waals surface area contributed by atoms with E-state index in [2.05, 4.69) is 13.8 Å². The fraction of sp³-hybridized carbons (Fsp3) is 0.714. The van der Waals surface area contributed by atoms with Crippen LogP contribution in [0.5, 0.6) is 0 Å². The number of rotatable bonds is 6. The van der Waals surface area contributed by atoms with Gasteiger partial charge in [0.15, 0.2) is 0 Å². The Balaban J connectivity index is 2.24. The minimum atomic E-state index is -3.39. The molecule has 1 saturated carbocycles. The van der Waals surface area contributed by atoms with Crippen LogP contribution in [0.3, 0.4) is 0 Å². The molecule has 0 radical (unpaired) electrons. The highest BCUT2D eigenvalue weighted by Gasteiger charge is 2.33. The third-order valence-electron chi connectivity index (χ3n) is 3.82. The quantitative estimate of drug-likeness (QED) is 0.875. The van der Waals surface area contributed by atoms with Crippen LogP contribution in [0, 0.1) is 5.92 Å². The van der Waals surface area contributed by atoms with Gasteiger partial charge in [-0.2, -0.15) is 4.31 Å². The van der Waals surface area contributed by atoms with Gasteiger partial charge in [0.05, 0.1) is 0 Å². The number of hydrogen-bond donors (Lipinski definition) is 1. The second-order valence-corrected chi connectivity index (χ2v) is 8.96. The fourth-order valence-electron chi connectivity index (χ4n) is 2.66. The molecule has 1 fully saturated rings. The minimum absolute atomic E-state index is 0.169. The molecule has 1 aromatic rings. The number of anilines is 1. The molecule has 0 amide bonds. The first-order valence-electron chi connectivity index (χ1n) is 7.27. The van der Waals surface area contributed by atoms with Crippen LogP contribution >= 0.6 is 11.3 Å². The normalized spacial score (nSPS) is 17.4. The molecule has 4 nitrogen and oxygen atoms in total. The summed E-state index contributed by atoms with van der Waals surface area (Å²) < 4.78 is 27.8. The van der Waals surface area contributed by atoms with Gasteiger partial charge in [-0.05, 0) is 31.2 Å². The summed E-state index contributed by atoms with van der Waals surface area (Å²) in [6.07, 6.45) is 5.13. The number of nitrogens with two attached hydrogens (primary N) is 1. The summed E-state index contributed by atoms with van der Waals surface area (Å²) in [5.74, 6) is 0.502. The van der Waals surface area contributed by atoms with E-state index in [9.17, 15) is 8.42 Å². The van der Waals surface area contributed by atoms with Gasteiger partial charge in [-0.25, -0.2) is 8.42 Å². The molecule has 6 heteroatoms. The van der Waals surface area contributed by atoms with Crippen molar-refractivity contribution in [1.82, 2.24) is 4.31 Å². The highest BCUT2D eigenvalue weighted by atomic mass is 32.2. The molecule has 1 aliphatic rings. The molecule has 2 N–H and O–H groups in total. The second kappa shape index (κ2) is 6.45. The number of nitrogens with zero attached hydrogens (tertiary/aromatic N) is 1. The van der Waals surface area contributed by atoms with Gasteiger partial charge in [-0.3, -0.25) is 0 Å². The predicted molar refractivity (Wildman–Crippen MR) is 84.3 cm³/mol. The number of thiophene rings is 1. The number of nitrogen functional groups attached to an aromatic ring is 1. The van der Waals surface area contributed by atoms with Crippen LogP contribution < -0.4 is 5.73 Å². The molecule has 1 heterocycles. The lowest BCUT2D eigenvalue weighted by Crippen LogP contribution is -2.39. The molecule has 0 aromatic carbocycles. The van der Waals surface area contributed by atoms with E-state index in [1.165, 1.54) is 11.3 Å². The average molecular weight is 316 g/mol. The summed E-state index contributed by atoms with van der Waals surface area (Å²) in [6, 6.07) is 1.75. The smallest absolute Gasteiger partial charge is 0.252 e. The monoisotopic (exact) mass is 316 g/mol. The van der Waals surface area contributed by atoms with Crippen LogP contribution in [0.4, 0.5) is 5.69 Å². The lowest BCUT2D eigenvalue weighted by molar-refractivity contribution is 0.305. The topological polar surface area (TPSA) is 63.4 Å². The van der Waals surface area contributed by atoms with Gasteiger partial charge in [0.1, 0.15) is 4.21 Å². The zero-order valence-electron chi connectivity index (χ0n) is 12.2. The summed E-state index contributed by atoms with van der Waals surface area (Å²) >= 11 is 1.22. The third-order valence-corrected chi connectivity index (χ3v) is 7.20. The van der Waals surface area contributed by atoms with E-state index in [4.69, 9.17) is 5.73 Å². The van der Waals surface area contributed by atoms with Crippen molar-refractivity contribution in [2.24, 2.45) is 5.92 Å². The first-order valence-corrected chi connectivity index (χ1v) is 9.59. The van der Waals surface area contributed by atoms with E-state index in [1.54, 1.807) is 15.8 Å². The predicted octanol–water partition coefficient (Wildman–Crippen LogP) is 3.31. The summed E-state index contributed by atoms with van der Waals surface area (Å²) in [7, 11) is -3.39. The molecule has 0 unspecified atom stereocenters. The van der Waals surface area contributed by atoms with Gasteiger partial charge in [0.25, 0.3) is 10.0 Å². The standard InChI is InChI=1S/C14H24N2O2S2/c1-11(2)7-8-16(13-5-3-4-6-13)20(17,18)14-9-12(15)10-19-14/h9-11,13H,3-8,15H2,1-2H3. The van der Waals surface area contributed by atoms with Gasteiger partial charge < -0.3 is 5.73 Å². The van der Waals surface area contributed by atoms with Crippen molar-refractivity contribution in [3.63, 3.8) is 0 Å². The molecule has 0 bridgehead atoms. The average Bonchev–Trinajstić information content (AvgIpc) is 3.00. The molecule has 114 valence electrons. The first kappa shape index (κ1) is 15.8. The minimum Gasteiger partial charge on any atom is -0.398 e. The summed E-state index contributed by atoms with van der Waals surface area (Å²) in [4.78, 5) is 0. The van der Waals surface area contributed by atoms with Gasteiger partial charge in [-0.15, -0.1) is 11.3 Å². The van der Waals surface area contributed by atoms with Crippen LogP contribution in [0.1, 0.15) is 46.0 Å². The van der Waals surface area contributed by atoms with E-state index in [1.807, 2.05) is 0 Å².